The van der Waals surface area contributed by atoms with E-state index in [1.165, 1.54) is 0 Å². The van der Waals surface area contributed by atoms with Crippen molar-refractivity contribution in [3.8, 4) is 0 Å². The molecule has 12 nitrogen and oxygen atoms in total. The predicted molar refractivity (Wildman–Crippen MR) is 265 cm³/mol. The number of phosphoric acid groups is 3. The van der Waals surface area contributed by atoms with Crippen LogP contribution < -0.4 is 0 Å². The number of phosphoric ester groups is 3. The molecule has 0 rings (SSSR count). The van der Waals surface area contributed by atoms with Crippen molar-refractivity contribution in [2.45, 2.75) is 237 Å². The molecule has 0 aromatic rings. The molecule has 0 bridgehead atoms. The molecule has 16 heteroatoms. The Morgan fingerprint density at radius 3 is 0.516 bits per heavy atom. The smallest absolute Gasteiger partial charge is 0.302 e. The third-order valence-corrected chi connectivity index (χ3v) is 15.0. The maximum atomic E-state index is 11.9. The van der Waals surface area contributed by atoms with E-state index in [0.717, 1.165) is 154 Å². The van der Waals surface area contributed by atoms with Gasteiger partial charge >= 0.3 is 23.5 Å². The van der Waals surface area contributed by atoms with Gasteiger partial charge in [0.05, 0.1) is 39.6 Å². The quantitative estimate of drug-likeness (QED) is 0.0496. The minimum atomic E-state index is -3.89. The number of unbranched alkanes of at least 4 members (excludes halogenated alkanes) is 6. The Bertz CT molecular complexity index is 919. The molecule has 0 amide bonds. The fraction of sp³-hybridized carbons (Fsp3) is 1.00. The summed E-state index contributed by atoms with van der Waals surface area (Å²) in [7, 11) is -11.7. The zero-order chi connectivity index (χ0) is 48.4. The maximum Gasteiger partial charge on any atom is 0.472 e. The first-order valence-corrected chi connectivity index (χ1v) is 30.3. The minimum absolute atomic E-state index is 0. The summed E-state index contributed by atoms with van der Waals surface area (Å²) in [4.78, 5) is 29.3. The number of hydrogen-bond acceptors (Lipinski definition) is 9. The van der Waals surface area contributed by atoms with Crippen LogP contribution in [0.4, 0.5) is 0 Å². The van der Waals surface area contributed by atoms with Crippen LogP contribution in [0.3, 0.4) is 0 Å². The van der Waals surface area contributed by atoms with Crippen LogP contribution in [-0.2, 0) is 40.8 Å². The summed E-state index contributed by atoms with van der Waals surface area (Å²) in [5.74, 6) is 2.06. The van der Waals surface area contributed by atoms with E-state index in [9.17, 15) is 28.4 Å². The summed E-state index contributed by atoms with van der Waals surface area (Å²) in [5.41, 5.74) is 0. The van der Waals surface area contributed by atoms with Crippen molar-refractivity contribution in [1.29, 1.82) is 0 Å². The van der Waals surface area contributed by atoms with Gasteiger partial charge in [-0.2, -0.15) is 0 Å². The number of hydrogen-bond donors (Lipinski definition) is 3. The second-order valence-electron chi connectivity index (χ2n) is 17.7. The molecule has 6 unspecified atom stereocenters. The van der Waals surface area contributed by atoms with Gasteiger partial charge in [-0.15, -0.1) is 0 Å². The SMILES string of the molecule is CCCCC(CC)COP(=O)(O)OCC(CC)CCCC.CCCCC(CC)COP(=O)(O)OCC(CC)CCCC.CCCCC(CC)COP(=O)(O)OCC(CC)CCCC.[La]. The van der Waals surface area contributed by atoms with Gasteiger partial charge in [-0.1, -0.05) is 199 Å². The normalized spacial score (nSPS) is 17.1. The minimum Gasteiger partial charge on any atom is -0.302 e. The Hall–Kier alpha value is 1.52. The summed E-state index contributed by atoms with van der Waals surface area (Å²) in [6.45, 7) is 27.3. The molecule has 0 aliphatic rings. The molecule has 1 radical (unpaired) electrons. The van der Waals surface area contributed by atoms with Crippen LogP contribution in [0.15, 0.2) is 0 Å². The molecule has 64 heavy (non-hydrogen) atoms. The van der Waals surface area contributed by atoms with Gasteiger partial charge in [0.2, 0.25) is 0 Å². The van der Waals surface area contributed by atoms with Gasteiger partial charge in [-0.25, -0.2) is 13.7 Å². The average Bonchev–Trinajstić information content (AvgIpc) is 3.27. The first-order valence-electron chi connectivity index (χ1n) is 25.8. The maximum absolute atomic E-state index is 11.9. The van der Waals surface area contributed by atoms with Crippen molar-refractivity contribution in [3.63, 3.8) is 0 Å². The van der Waals surface area contributed by atoms with E-state index in [0.29, 0.717) is 75.1 Å². The third kappa shape index (κ3) is 45.9. The molecule has 0 aliphatic heterocycles. The number of rotatable bonds is 42. The monoisotopic (exact) mass is 1110 g/mol. The van der Waals surface area contributed by atoms with E-state index in [2.05, 4.69) is 83.1 Å². The molecule has 0 spiro atoms. The van der Waals surface area contributed by atoms with Crippen molar-refractivity contribution in [3.05, 3.63) is 0 Å². The Kier molecular flexibility index (Phi) is 54.2. The van der Waals surface area contributed by atoms with E-state index in [4.69, 9.17) is 27.1 Å². The Morgan fingerprint density at radius 1 is 0.297 bits per heavy atom. The molecule has 387 valence electrons. The van der Waals surface area contributed by atoms with E-state index < -0.39 is 23.5 Å². The largest absolute Gasteiger partial charge is 0.472 e. The third-order valence-electron chi connectivity index (χ3n) is 12.1. The Morgan fingerprint density at radius 2 is 0.422 bits per heavy atom. The van der Waals surface area contributed by atoms with Crippen LogP contribution in [-0.4, -0.2) is 54.3 Å². The summed E-state index contributed by atoms with van der Waals surface area (Å²) >= 11 is 0. The first kappa shape index (κ1) is 72.1. The van der Waals surface area contributed by atoms with Crippen molar-refractivity contribution in [2.24, 2.45) is 35.5 Å². The fourth-order valence-corrected chi connectivity index (χ4v) is 9.32. The van der Waals surface area contributed by atoms with Crippen LogP contribution in [0.2, 0.25) is 0 Å². The first-order chi connectivity index (χ1) is 30.0. The molecule has 6 atom stereocenters. The van der Waals surface area contributed by atoms with Crippen LogP contribution in [0, 0.1) is 71.1 Å². The van der Waals surface area contributed by atoms with Gasteiger partial charge in [0, 0.05) is 35.6 Å². The van der Waals surface area contributed by atoms with Crippen LogP contribution >= 0.6 is 23.5 Å². The van der Waals surface area contributed by atoms with E-state index in [-0.39, 0.29) is 35.6 Å². The molecule has 0 aliphatic carbocycles. The van der Waals surface area contributed by atoms with E-state index >= 15 is 0 Å². The van der Waals surface area contributed by atoms with Crippen molar-refractivity contribution >= 4 is 23.5 Å². The van der Waals surface area contributed by atoms with Crippen molar-refractivity contribution < 1.29 is 91.1 Å². The molecule has 0 aromatic heterocycles. The van der Waals surface area contributed by atoms with Gasteiger partial charge in [-0.3, -0.25) is 27.1 Å². The van der Waals surface area contributed by atoms with Gasteiger partial charge in [0.25, 0.3) is 0 Å². The standard InChI is InChI=1S/3C16H35O4P.La/c3*1-5-9-11-15(7-3)13-19-21(17,18)20-14-16(8-4)12-10-6-2;/h3*15-16H,5-14H2,1-4H3,(H,17,18);. The summed E-state index contributed by atoms with van der Waals surface area (Å²) < 4.78 is 66.7. The predicted octanol–water partition coefficient (Wildman–Crippen LogP) is 16.7. The molecular formula is C48H105LaO12P3. The van der Waals surface area contributed by atoms with Gasteiger partial charge in [-0.05, 0) is 74.0 Å². The van der Waals surface area contributed by atoms with Crippen molar-refractivity contribution in [1.82, 2.24) is 0 Å². The van der Waals surface area contributed by atoms with Gasteiger partial charge < -0.3 is 14.7 Å². The van der Waals surface area contributed by atoms with Crippen LogP contribution in [0.25, 0.3) is 0 Å². The van der Waals surface area contributed by atoms with Crippen LogP contribution in [0.5, 0.6) is 0 Å². The molecular weight excluding hydrogens is 1000 g/mol. The zero-order valence-electron chi connectivity index (χ0n) is 43.6. The molecule has 0 saturated heterocycles. The van der Waals surface area contributed by atoms with Crippen LogP contribution in [0.1, 0.15) is 237 Å². The Balaban J connectivity index is -0.000000419. The average molecular weight is 1110 g/mol. The summed E-state index contributed by atoms with van der Waals surface area (Å²) in [5, 5.41) is 0. The van der Waals surface area contributed by atoms with Gasteiger partial charge in [0.1, 0.15) is 0 Å². The second kappa shape index (κ2) is 48.2. The van der Waals surface area contributed by atoms with Gasteiger partial charge in [0.15, 0.2) is 0 Å². The zero-order valence-corrected chi connectivity index (χ0v) is 49.9. The molecule has 0 fully saturated rings. The molecule has 0 heterocycles. The topological polar surface area (TPSA) is 167 Å². The molecule has 0 aromatic carbocycles. The summed E-state index contributed by atoms with van der Waals surface area (Å²) in [6, 6.07) is 0. The van der Waals surface area contributed by atoms with E-state index in [1.807, 2.05) is 0 Å². The summed E-state index contributed by atoms with van der Waals surface area (Å²) in [6.07, 6.45) is 25.7. The van der Waals surface area contributed by atoms with Crippen molar-refractivity contribution in [2.75, 3.05) is 39.6 Å². The second-order valence-corrected chi connectivity index (χ2v) is 22.0. The van der Waals surface area contributed by atoms with E-state index in [1.54, 1.807) is 0 Å². The molecule has 0 saturated carbocycles. The molecule has 3 N–H and O–H groups in total. The Labute approximate surface area is 424 Å². The fourth-order valence-electron chi connectivity index (χ4n) is 6.70.